The molecule has 1 N–H and O–H groups in total. The molecule has 1 aliphatic carbocycles. The summed E-state index contributed by atoms with van der Waals surface area (Å²) in [6, 6.07) is 0. The van der Waals surface area contributed by atoms with Gasteiger partial charge in [0.15, 0.2) is 6.29 Å². The summed E-state index contributed by atoms with van der Waals surface area (Å²) in [5.41, 5.74) is 3.98. The number of hydrogen-bond donors (Lipinski definition) is 1. The lowest BCUT2D eigenvalue weighted by Crippen LogP contribution is -2.40. The summed E-state index contributed by atoms with van der Waals surface area (Å²) in [7, 11) is 0. The molecule has 0 saturated heterocycles. The lowest BCUT2D eigenvalue weighted by Gasteiger charge is -2.32. The van der Waals surface area contributed by atoms with E-state index in [4.69, 9.17) is 0 Å². The van der Waals surface area contributed by atoms with Crippen LogP contribution < -0.4 is 5.43 Å². The van der Waals surface area contributed by atoms with Crippen molar-refractivity contribution in [1.82, 2.24) is 5.43 Å². The maximum absolute atomic E-state index is 10.5. The largest absolute Gasteiger partial charge is 0.303 e. The number of hydrogen-bond acceptors (Lipinski definition) is 3. The van der Waals surface area contributed by atoms with Crippen molar-refractivity contribution in [2.45, 2.75) is 44.1 Å². The normalized spacial score (nSPS) is 26.5. The van der Waals surface area contributed by atoms with Crippen LogP contribution in [-0.2, 0) is 4.79 Å². The Morgan fingerprint density at radius 1 is 1.33 bits per heavy atom. The van der Waals surface area contributed by atoms with Gasteiger partial charge in [-0.3, -0.25) is 4.79 Å². The average Bonchev–Trinajstić information content (AvgIpc) is 2.50. The van der Waals surface area contributed by atoms with E-state index < -0.39 is 0 Å². The van der Waals surface area contributed by atoms with Crippen molar-refractivity contribution in [2.75, 3.05) is 0 Å². The fourth-order valence-corrected chi connectivity index (χ4v) is 2.20. The molecular formula is C9H14N2O. The van der Waals surface area contributed by atoms with Gasteiger partial charge in [-0.1, -0.05) is 19.3 Å². The van der Waals surface area contributed by atoms with E-state index in [2.05, 4.69) is 10.5 Å². The molecule has 0 amide bonds. The van der Waals surface area contributed by atoms with E-state index in [1.807, 2.05) is 0 Å². The molecule has 0 aromatic heterocycles. The Morgan fingerprint density at radius 3 is 2.67 bits per heavy atom. The van der Waals surface area contributed by atoms with Crippen LogP contribution in [0.1, 0.15) is 38.5 Å². The monoisotopic (exact) mass is 166 g/mol. The molecule has 1 spiro atoms. The van der Waals surface area contributed by atoms with E-state index in [1.54, 1.807) is 0 Å². The van der Waals surface area contributed by atoms with E-state index in [1.165, 1.54) is 32.1 Å². The molecule has 66 valence electrons. The van der Waals surface area contributed by atoms with E-state index in [0.29, 0.717) is 5.71 Å². The van der Waals surface area contributed by atoms with Crippen LogP contribution in [0.5, 0.6) is 0 Å². The van der Waals surface area contributed by atoms with Crippen molar-refractivity contribution >= 4 is 12.0 Å². The second-order valence-electron chi connectivity index (χ2n) is 3.85. The zero-order valence-corrected chi connectivity index (χ0v) is 7.18. The highest BCUT2D eigenvalue weighted by atomic mass is 16.1. The SMILES string of the molecule is O=CC1=NNC2(CCCCC2)C1. The quantitative estimate of drug-likeness (QED) is 0.595. The number of carbonyl (C=O) groups excluding carboxylic acids is 1. The highest BCUT2D eigenvalue weighted by Gasteiger charge is 2.36. The second-order valence-corrected chi connectivity index (χ2v) is 3.85. The molecule has 0 aromatic rings. The molecule has 12 heavy (non-hydrogen) atoms. The lowest BCUT2D eigenvalue weighted by molar-refractivity contribution is -0.102. The minimum atomic E-state index is 0.161. The maximum Gasteiger partial charge on any atom is 0.166 e. The molecule has 0 unspecified atom stereocenters. The number of rotatable bonds is 1. The smallest absolute Gasteiger partial charge is 0.166 e. The van der Waals surface area contributed by atoms with Gasteiger partial charge in [0.25, 0.3) is 0 Å². The van der Waals surface area contributed by atoms with Crippen LogP contribution in [0.4, 0.5) is 0 Å². The Hall–Kier alpha value is -0.860. The summed E-state index contributed by atoms with van der Waals surface area (Å²) in [6.07, 6.45) is 7.94. The summed E-state index contributed by atoms with van der Waals surface area (Å²) in [4.78, 5) is 10.5. The Morgan fingerprint density at radius 2 is 2.08 bits per heavy atom. The van der Waals surface area contributed by atoms with Gasteiger partial charge < -0.3 is 5.43 Å². The van der Waals surface area contributed by atoms with Crippen molar-refractivity contribution in [3.8, 4) is 0 Å². The van der Waals surface area contributed by atoms with Gasteiger partial charge in [0.05, 0.1) is 5.54 Å². The van der Waals surface area contributed by atoms with Crippen LogP contribution in [0, 0.1) is 0 Å². The third kappa shape index (κ3) is 1.24. The molecular weight excluding hydrogens is 152 g/mol. The molecule has 1 heterocycles. The molecule has 0 bridgehead atoms. The summed E-state index contributed by atoms with van der Waals surface area (Å²) in [5, 5.41) is 4.03. The maximum atomic E-state index is 10.5. The highest BCUT2D eigenvalue weighted by molar-refractivity contribution is 6.29. The second kappa shape index (κ2) is 2.88. The van der Waals surface area contributed by atoms with Crippen molar-refractivity contribution in [3.63, 3.8) is 0 Å². The van der Waals surface area contributed by atoms with Crippen LogP contribution in [0.15, 0.2) is 5.10 Å². The molecule has 3 heteroatoms. The molecule has 1 fully saturated rings. The number of nitrogens with zero attached hydrogens (tertiary/aromatic N) is 1. The zero-order valence-electron chi connectivity index (χ0n) is 7.18. The molecule has 3 nitrogen and oxygen atoms in total. The molecule has 2 aliphatic rings. The highest BCUT2D eigenvalue weighted by Crippen LogP contribution is 2.33. The first kappa shape index (κ1) is 7.77. The van der Waals surface area contributed by atoms with E-state index in [9.17, 15) is 4.79 Å². The van der Waals surface area contributed by atoms with Gasteiger partial charge in [0.1, 0.15) is 5.71 Å². The number of hydrazone groups is 1. The van der Waals surface area contributed by atoms with Crippen LogP contribution in [0.3, 0.4) is 0 Å². The van der Waals surface area contributed by atoms with Crippen LogP contribution in [-0.4, -0.2) is 17.5 Å². The summed E-state index contributed by atoms with van der Waals surface area (Å²) in [6.45, 7) is 0. The molecule has 0 atom stereocenters. The van der Waals surface area contributed by atoms with E-state index in [-0.39, 0.29) is 5.54 Å². The van der Waals surface area contributed by atoms with Crippen molar-refractivity contribution in [3.05, 3.63) is 0 Å². The number of nitrogens with one attached hydrogen (secondary N) is 1. The predicted molar refractivity (Wildman–Crippen MR) is 47.1 cm³/mol. The number of aldehydes is 1. The van der Waals surface area contributed by atoms with E-state index in [0.717, 1.165) is 12.7 Å². The van der Waals surface area contributed by atoms with Crippen molar-refractivity contribution < 1.29 is 4.79 Å². The Kier molecular flexibility index (Phi) is 1.87. The van der Waals surface area contributed by atoms with Crippen molar-refractivity contribution in [1.29, 1.82) is 0 Å². The minimum Gasteiger partial charge on any atom is -0.303 e. The molecule has 2 rings (SSSR count). The first-order valence-corrected chi connectivity index (χ1v) is 4.64. The topological polar surface area (TPSA) is 41.5 Å². The van der Waals surface area contributed by atoms with Gasteiger partial charge in [0, 0.05) is 6.42 Å². The summed E-state index contributed by atoms with van der Waals surface area (Å²) in [5.74, 6) is 0. The molecule has 0 aromatic carbocycles. The molecule has 1 saturated carbocycles. The lowest BCUT2D eigenvalue weighted by atomic mass is 9.79. The van der Waals surface area contributed by atoms with Gasteiger partial charge in [0.2, 0.25) is 0 Å². The van der Waals surface area contributed by atoms with Crippen LogP contribution in [0.25, 0.3) is 0 Å². The van der Waals surface area contributed by atoms with Gasteiger partial charge >= 0.3 is 0 Å². The minimum absolute atomic E-state index is 0.161. The van der Waals surface area contributed by atoms with Crippen LogP contribution >= 0.6 is 0 Å². The molecule has 1 aliphatic heterocycles. The number of carbonyl (C=O) groups is 1. The Bertz CT molecular complexity index is 217. The molecule has 0 radical (unpaired) electrons. The standard InChI is InChI=1S/C9H14N2O/c12-7-8-6-9(11-10-8)4-2-1-3-5-9/h7,11H,1-6H2. The van der Waals surface area contributed by atoms with E-state index >= 15 is 0 Å². The third-order valence-corrected chi connectivity index (χ3v) is 2.90. The van der Waals surface area contributed by atoms with Crippen molar-refractivity contribution in [2.24, 2.45) is 5.10 Å². The van der Waals surface area contributed by atoms with Gasteiger partial charge in [-0.05, 0) is 12.8 Å². The Labute approximate surface area is 72.2 Å². The summed E-state index contributed by atoms with van der Waals surface area (Å²) < 4.78 is 0. The zero-order chi connectivity index (χ0) is 8.44. The first-order chi connectivity index (χ1) is 5.85. The average molecular weight is 166 g/mol. The first-order valence-electron chi connectivity index (χ1n) is 4.64. The fourth-order valence-electron chi connectivity index (χ4n) is 2.20. The van der Waals surface area contributed by atoms with Gasteiger partial charge in [-0.15, -0.1) is 0 Å². The summed E-state index contributed by atoms with van der Waals surface area (Å²) >= 11 is 0. The fraction of sp³-hybridized carbons (Fsp3) is 0.778. The van der Waals surface area contributed by atoms with Crippen LogP contribution in [0.2, 0.25) is 0 Å². The van der Waals surface area contributed by atoms with Gasteiger partial charge in [-0.2, -0.15) is 5.10 Å². The Balaban J connectivity index is 2.02. The predicted octanol–water partition coefficient (Wildman–Crippen LogP) is 1.24. The third-order valence-electron chi connectivity index (χ3n) is 2.90. The van der Waals surface area contributed by atoms with Gasteiger partial charge in [-0.25, -0.2) is 0 Å².